The van der Waals surface area contributed by atoms with Crippen LogP contribution in [-0.4, -0.2) is 31.6 Å². The summed E-state index contributed by atoms with van der Waals surface area (Å²) in [5, 5.41) is 6.15. The maximum atomic E-state index is 11.8. The fraction of sp³-hybridized carbons (Fsp3) is 0.588. The van der Waals surface area contributed by atoms with Crippen LogP contribution < -0.4 is 15.4 Å². The smallest absolute Gasteiger partial charge is 0.234 e. The minimum atomic E-state index is -0.000712. The van der Waals surface area contributed by atoms with Crippen LogP contribution in [0.3, 0.4) is 0 Å². The van der Waals surface area contributed by atoms with Crippen molar-refractivity contribution < 1.29 is 9.53 Å². The summed E-state index contributed by atoms with van der Waals surface area (Å²) in [4.78, 5) is 11.8. The van der Waals surface area contributed by atoms with E-state index in [0.717, 1.165) is 29.3 Å². The fourth-order valence-corrected chi connectivity index (χ4v) is 2.31. The third-order valence-corrected chi connectivity index (χ3v) is 3.71. The van der Waals surface area contributed by atoms with E-state index in [2.05, 4.69) is 10.6 Å². The van der Waals surface area contributed by atoms with Crippen LogP contribution in [0.15, 0.2) is 18.2 Å². The van der Waals surface area contributed by atoms with Gasteiger partial charge in [0, 0.05) is 0 Å². The van der Waals surface area contributed by atoms with Crippen LogP contribution in [0.2, 0.25) is 0 Å². The molecular formula is C17H27ClN2O2. The van der Waals surface area contributed by atoms with Crippen molar-refractivity contribution in [2.75, 3.05) is 19.7 Å². The second-order valence-electron chi connectivity index (χ2n) is 6.07. The quantitative estimate of drug-likeness (QED) is 0.772. The molecule has 1 fully saturated rings. The summed E-state index contributed by atoms with van der Waals surface area (Å²) in [6.07, 6.45) is 2.60. The van der Waals surface area contributed by atoms with Gasteiger partial charge in [-0.1, -0.05) is 18.2 Å². The first-order valence-electron chi connectivity index (χ1n) is 7.75. The summed E-state index contributed by atoms with van der Waals surface area (Å²) < 4.78 is 5.85. The Morgan fingerprint density at radius 3 is 2.55 bits per heavy atom. The number of amides is 1. The Hall–Kier alpha value is -1.26. The minimum absolute atomic E-state index is 0. The van der Waals surface area contributed by atoms with E-state index in [9.17, 15) is 4.79 Å². The number of carbonyl (C=O) groups is 1. The molecule has 1 aliphatic rings. The highest BCUT2D eigenvalue weighted by Gasteiger charge is 2.20. The molecule has 1 unspecified atom stereocenters. The van der Waals surface area contributed by atoms with Crippen LogP contribution in [0, 0.1) is 19.8 Å². The number of para-hydroxylation sites is 1. The van der Waals surface area contributed by atoms with Gasteiger partial charge >= 0.3 is 0 Å². The molecule has 0 bridgehead atoms. The average Bonchev–Trinajstić information content (AvgIpc) is 3.22. The number of benzene rings is 1. The van der Waals surface area contributed by atoms with Crippen LogP contribution in [0.25, 0.3) is 0 Å². The molecule has 4 nitrogen and oxygen atoms in total. The van der Waals surface area contributed by atoms with Crippen molar-refractivity contribution in [2.24, 2.45) is 5.92 Å². The highest BCUT2D eigenvalue weighted by atomic mass is 35.5. The normalized spacial score (nSPS) is 14.9. The molecule has 22 heavy (non-hydrogen) atoms. The zero-order valence-corrected chi connectivity index (χ0v) is 14.5. The van der Waals surface area contributed by atoms with Gasteiger partial charge in [-0.15, -0.1) is 12.4 Å². The Morgan fingerprint density at radius 2 is 1.95 bits per heavy atom. The van der Waals surface area contributed by atoms with Gasteiger partial charge < -0.3 is 15.4 Å². The monoisotopic (exact) mass is 326 g/mol. The maximum Gasteiger partial charge on any atom is 0.234 e. The Balaban J connectivity index is 0.00000242. The third kappa shape index (κ3) is 6.24. The molecule has 1 atom stereocenters. The van der Waals surface area contributed by atoms with Gasteiger partial charge in [-0.2, -0.15) is 0 Å². The molecule has 1 aromatic rings. The van der Waals surface area contributed by atoms with Crippen LogP contribution >= 0.6 is 12.4 Å². The molecular weight excluding hydrogens is 300 g/mol. The van der Waals surface area contributed by atoms with Crippen molar-refractivity contribution in [3.8, 4) is 5.75 Å². The topological polar surface area (TPSA) is 50.4 Å². The van der Waals surface area contributed by atoms with Gasteiger partial charge in [0.25, 0.3) is 0 Å². The molecule has 2 rings (SSSR count). The van der Waals surface area contributed by atoms with E-state index in [1.54, 1.807) is 0 Å². The first-order valence-corrected chi connectivity index (χ1v) is 7.75. The number of hydrogen-bond donors (Lipinski definition) is 2. The molecule has 0 spiro atoms. The summed E-state index contributed by atoms with van der Waals surface area (Å²) >= 11 is 0. The molecule has 5 heteroatoms. The van der Waals surface area contributed by atoms with Crippen LogP contribution in [0.1, 0.15) is 30.9 Å². The predicted octanol–water partition coefficient (Wildman–Crippen LogP) is 2.61. The number of carbonyl (C=O) groups excluding carboxylic acids is 1. The molecule has 1 aliphatic carbocycles. The van der Waals surface area contributed by atoms with Crippen molar-refractivity contribution >= 4 is 18.3 Å². The SMILES string of the molecule is Cc1cccc(C)c1OCC(C)NC(=O)CNCC1CC1.Cl. The molecule has 0 aliphatic heterocycles. The van der Waals surface area contributed by atoms with Gasteiger partial charge in [0.05, 0.1) is 12.6 Å². The molecule has 124 valence electrons. The van der Waals surface area contributed by atoms with Gasteiger partial charge in [0.2, 0.25) is 5.91 Å². The maximum absolute atomic E-state index is 11.8. The van der Waals surface area contributed by atoms with Gasteiger partial charge in [0.1, 0.15) is 12.4 Å². The molecule has 1 amide bonds. The third-order valence-electron chi connectivity index (χ3n) is 3.71. The standard InChI is InChI=1S/C17H26N2O2.ClH/c1-12-5-4-6-13(2)17(12)21-11-14(3)19-16(20)10-18-9-15-7-8-15;/h4-6,14-15,18H,7-11H2,1-3H3,(H,19,20);1H. The van der Waals surface area contributed by atoms with E-state index in [4.69, 9.17) is 4.74 Å². The van der Waals surface area contributed by atoms with E-state index in [1.807, 2.05) is 39.0 Å². The summed E-state index contributed by atoms with van der Waals surface area (Å²) in [5.74, 6) is 1.75. The number of halogens is 1. The fourth-order valence-electron chi connectivity index (χ4n) is 2.31. The van der Waals surface area contributed by atoms with Crippen molar-refractivity contribution in [3.63, 3.8) is 0 Å². The lowest BCUT2D eigenvalue weighted by Crippen LogP contribution is -2.42. The summed E-state index contributed by atoms with van der Waals surface area (Å²) in [7, 11) is 0. The number of nitrogens with one attached hydrogen (secondary N) is 2. The summed E-state index contributed by atoms with van der Waals surface area (Å²) in [6.45, 7) is 7.87. The zero-order chi connectivity index (χ0) is 15.2. The van der Waals surface area contributed by atoms with Crippen LogP contribution in [0.4, 0.5) is 0 Å². The minimum Gasteiger partial charge on any atom is -0.491 e. The number of hydrogen-bond acceptors (Lipinski definition) is 3. The van der Waals surface area contributed by atoms with Gasteiger partial charge in [-0.05, 0) is 57.2 Å². The van der Waals surface area contributed by atoms with Gasteiger partial charge in [-0.25, -0.2) is 0 Å². The first-order chi connectivity index (χ1) is 10.1. The lowest BCUT2D eigenvalue weighted by Gasteiger charge is -2.17. The second-order valence-corrected chi connectivity index (χ2v) is 6.07. The second kappa shape index (κ2) is 9.01. The Morgan fingerprint density at radius 1 is 1.32 bits per heavy atom. The summed E-state index contributed by atoms with van der Waals surface area (Å²) in [5.41, 5.74) is 2.25. The molecule has 1 saturated carbocycles. The van der Waals surface area contributed by atoms with Gasteiger partial charge in [0.15, 0.2) is 0 Å². The molecule has 0 saturated heterocycles. The molecule has 2 N–H and O–H groups in total. The predicted molar refractivity (Wildman–Crippen MR) is 91.9 cm³/mol. The van der Waals surface area contributed by atoms with Crippen molar-refractivity contribution in [2.45, 2.75) is 39.7 Å². The van der Waals surface area contributed by atoms with E-state index >= 15 is 0 Å². The number of aryl methyl sites for hydroxylation is 2. The lowest BCUT2D eigenvalue weighted by molar-refractivity contribution is -0.121. The van der Waals surface area contributed by atoms with Gasteiger partial charge in [-0.3, -0.25) is 4.79 Å². The van der Waals surface area contributed by atoms with Crippen LogP contribution in [0.5, 0.6) is 5.75 Å². The largest absolute Gasteiger partial charge is 0.491 e. The highest BCUT2D eigenvalue weighted by Crippen LogP contribution is 2.27. The zero-order valence-electron chi connectivity index (χ0n) is 13.6. The first kappa shape index (κ1) is 18.8. The molecule has 1 aromatic carbocycles. The highest BCUT2D eigenvalue weighted by molar-refractivity contribution is 5.85. The van der Waals surface area contributed by atoms with Crippen LogP contribution in [-0.2, 0) is 4.79 Å². The summed E-state index contributed by atoms with van der Waals surface area (Å²) in [6, 6.07) is 6.09. The average molecular weight is 327 g/mol. The number of ether oxygens (including phenoxy) is 1. The van der Waals surface area contributed by atoms with E-state index < -0.39 is 0 Å². The van der Waals surface area contributed by atoms with E-state index in [-0.39, 0.29) is 24.4 Å². The molecule has 0 heterocycles. The Kier molecular flexibility index (Phi) is 7.69. The van der Waals surface area contributed by atoms with Crippen molar-refractivity contribution in [1.29, 1.82) is 0 Å². The molecule has 0 radical (unpaired) electrons. The van der Waals surface area contributed by atoms with Crippen molar-refractivity contribution in [3.05, 3.63) is 29.3 Å². The Bertz CT molecular complexity index is 469. The van der Waals surface area contributed by atoms with E-state index in [0.29, 0.717) is 13.2 Å². The lowest BCUT2D eigenvalue weighted by atomic mass is 10.1. The molecule has 0 aromatic heterocycles. The Labute approximate surface area is 139 Å². The van der Waals surface area contributed by atoms with E-state index in [1.165, 1.54) is 12.8 Å². The number of rotatable bonds is 8. The van der Waals surface area contributed by atoms with Crippen molar-refractivity contribution in [1.82, 2.24) is 10.6 Å².